The second kappa shape index (κ2) is 29.4. The number of rotatable bonds is 0. The Balaban J connectivity index is 0. The van der Waals surface area contributed by atoms with E-state index in [0.717, 1.165) is 0 Å². The third kappa shape index (κ3) is 431. The first-order valence-electron chi connectivity index (χ1n) is 1.19. The predicted octanol–water partition coefficient (Wildman–Crippen LogP) is 0.599. The molecule has 0 amide bonds. The zero-order chi connectivity index (χ0) is 4.71. The zero-order valence-corrected chi connectivity index (χ0v) is 4.32. The fourth-order valence-corrected chi connectivity index (χ4v) is 0. The Kier molecular flexibility index (Phi) is 52.7. The van der Waals surface area contributed by atoms with Crippen LogP contribution in [0.5, 0.6) is 0 Å². The van der Waals surface area contributed by atoms with Gasteiger partial charge < -0.3 is 0 Å². The van der Waals surface area contributed by atoms with Gasteiger partial charge >= 0.3 is 21.0 Å². The van der Waals surface area contributed by atoms with Crippen molar-refractivity contribution in [1.82, 2.24) is 0 Å². The average Bonchev–Trinajstić information content (AvgIpc) is 1.46. The van der Waals surface area contributed by atoms with E-state index >= 15 is 0 Å². The van der Waals surface area contributed by atoms with Gasteiger partial charge in [-0.2, -0.15) is 0 Å². The number of hydrogen-bond donors (Lipinski definition) is 1. The summed E-state index contributed by atoms with van der Waals surface area (Å²) in [7, 11) is 0. The minimum atomic E-state index is 1.75. The number of nitrogens with two attached hydrogens (primary N) is 1. The maximum atomic E-state index is 4.25. The van der Waals surface area contributed by atoms with Gasteiger partial charge in [0, 0.05) is 0 Å². The molecule has 0 radical (unpaired) electrons. The summed E-state index contributed by atoms with van der Waals surface area (Å²) < 4.78 is 4.25. The second-order valence-corrected chi connectivity index (χ2v) is 0.408. The molecule has 0 aromatic carbocycles. The predicted molar refractivity (Wildman–Crippen MR) is 20.1 cm³/mol. The Bertz CT molecular complexity index is 14.4. The van der Waals surface area contributed by atoms with E-state index in [1.165, 1.54) is 0 Å². The van der Waals surface area contributed by atoms with E-state index < -0.39 is 0 Å². The van der Waals surface area contributed by atoms with E-state index in [0.29, 0.717) is 0 Å². The van der Waals surface area contributed by atoms with Gasteiger partial charge in [-0.15, -0.1) is 6.58 Å². The number of hydrogen-bond acceptors (Lipinski definition) is 1. The van der Waals surface area contributed by atoms with Gasteiger partial charge in [-0.05, 0) is 6.92 Å². The van der Waals surface area contributed by atoms with Crippen molar-refractivity contribution < 1.29 is 16.2 Å². The molecule has 0 saturated carbocycles. The molecule has 0 atom stereocenters. The molecule has 33 valence electrons. The quantitative estimate of drug-likeness (QED) is 0.362. The van der Waals surface area contributed by atoms with E-state index in [4.69, 9.17) is 0 Å². The number of allylic oxidation sites excluding steroid dienone is 1. The molecule has 0 aromatic heterocycles. The summed E-state index contributed by atoms with van der Waals surface area (Å²) in [5.41, 5.74) is 0. The second-order valence-electron chi connectivity index (χ2n) is 0.408. The van der Waals surface area contributed by atoms with Crippen molar-refractivity contribution in [2.45, 2.75) is 6.92 Å². The molecule has 0 unspecified atom stereocenters. The molecule has 0 rings (SSSR count). The summed E-state index contributed by atoms with van der Waals surface area (Å²) in [5, 5.41) is 0. The van der Waals surface area contributed by atoms with Crippen molar-refractivity contribution in [3.05, 3.63) is 12.7 Å². The Morgan fingerprint density at radius 2 is 1.80 bits per heavy atom. The fraction of sp³-hybridized carbons (Fsp3) is 0.333. The Hall–Kier alpha value is 0.219. The van der Waals surface area contributed by atoms with Crippen LogP contribution < -0.4 is 4.75 Å². The molecule has 2 N–H and O–H groups in total. The van der Waals surface area contributed by atoms with E-state index in [1.807, 2.05) is 6.92 Å². The fourth-order valence-electron chi connectivity index (χ4n) is 0. The Morgan fingerprint density at radius 3 is 1.80 bits per heavy atom. The van der Waals surface area contributed by atoms with Crippen molar-refractivity contribution in [2.75, 3.05) is 0 Å². The molecule has 0 aliphatic rings. The van der Waals surface area contributed by atoms with Crippen LogP contribution in [0.25, 0.3) is 0 Å². The summed E-state index contributed by atoms with van der Waals surface area (Å²) >= 11 is 2.75. The van der Waals surface area contributed by atoms with E-state index in [1.54, 1.807) is 6.08 Å². The van der Waals surface area contributed by atoms with Crippen LogP contribution in [0.3, 0.4) is 0 Å². The summed E-state index contributed by atoms with van der Waals surface area (Å²) in [6, 6.07) is 0. The Morgan fingerprint density at radius 1 is 1.80 bits per heavy atom. The first-order valence-corrected chi connectivity index (χ1v) is 1.83. The SMILES string of the molecule is C=CC.[NH2][Fe]. The third-order valence-corrected chi connectivity index (χ3v) is 0. The summed E-state index contributed by atoms with van der Waals surface area (Å²) in [6.45, 7) is 5.25. The molecular weight excluding hydrogens is 106 g/mol. The molecule has 0 aromatic rings. The summed E-state index contributed by atoms with van der Waals surface area (Å²) in [4.78, 5) is 0. The van der Waals surface area contributed by atoms with Gasteiger partial charge in [0.25, 0.3) is 0 Å². The van der Waals surface area contributed by atoms with Crippen molar-refractivity contribution >= 4 is 0 Å². The normalized spacial score (nSPS) is 3.80. The van der Waals surface area contributed by atoms with E-state index in [9.17, 15) is 0 Å². The molecule has 0 aliphatic heterocycles. The van der Waals surface area contributed by atoms with Gasteiger partial charge in [0.05, 0.1) is 0 Å². The average molecular weight is 114 g/mol. The van der Waals surface area contributed by atoms with Crippen LogP contribution in [0.2, 0.25) is 0 Å². The molecule has 0 saturated heterocycles. The van der Waals surface area contributed by atoms with Crippen LogP contribution in [0.15, 0.2) is 12.7 Å². The van der Waals surface area contributed by atoms with Crippen LogP contribution in [0.4, 0.5) is 0 Å². The molecule has 0 spiro atoms. The topological polar surface area (TPSA) is 26.0 Å². The molecule has 0 aliphatic carbocycles. The van der Waals surface area contributed by atoms with Crippen LogP contribution in [-0.4, -0.2) is 0 Å². The molecule has 5 heavy (non-hydrogen) atoms. The van der Waals surface area contributed by atoms with Crippen molar-refractivity contribution in [1.29, 1.82) is 0 Å². The van der Waals surface area contributed by atoms with Gasteiger partial charge in [0.15, 0.2) is 0 Å². The summed E-state index contributed by atoms with van der Waals surface area (Å²) in [5.74, 6) is 0. The summed E-state index contributed by atoms with van der Waals surface area (Å²) in [6.07, 6.45) is 1.75. The van der Waals surface area contributed by atoms with Gasteiger partial charge in [0.1, 0.15) is 0 Å². The first-order chi connectivity index (χ1) is 2.41. The monoisotopic (exact) mass is 114 g/mol. The molecular formula is C3H8FeN. The van der Waals surface area contributed by atoms with E-state index in [-0.39, 0.29) is 0 Å². The first kappa shape index (κ1) is 8.97. The van der Waals surface area contributed by atoms with Crippen molar-refractivity contribution in [3.8, 4) is 0 Å². The molecule has 0 bridgehead atoms. The van der Waals surface area contributed by atoms with Crippen molar-refractivity contribution in [3.63, 3.8) is 0 Å². The van der Waals surface area contributed by atoms with Crippen LogP contribution in [0, 0.1) is 0 Å². The van der Waals surface area contributed by atoms with Crippen LogP contribution >= 0.6 is 0 Å². The molecule has 2 heteroatoms. The molecule has 0 heterocycles. The zero-order valence-electron chi connectivity index (χ0n) is 3.22. The van der Waals surface area contributed by atoms with E-state index in [2.05, 4.69) is 27.6 Å². The van der Waals surface area contributed by atoms with Crippen molar-refractivity contribution in [2.24, 2.45) is 4.75 Å². The van der Waals surface area contributed by atoms with Crippen LogP contribution in [-0.2, 0) is 16.2 Å². The van der Waals surface area contributed by atoms with Crippen LogP contribution in [0.1, 0.15) is 6.92 Å². The molecule has 1 nitrogen and oxygen atoms in total. The third-order valence-electron chi connectivity index (χ3n) is 0. The Labute approximate surface area is 41.3 Å². The molecule has 0 fully saturated rings. The van der Waals surface area contributed by atoms with Gasteiger partial charge in [-0.25, -0.2) is 0 Å². The maximum absolute atomic E-state index is 4.25. The standard InChI is InChI=1S/C3H6.Fe.H2N/c1-3-2;;/h3H,1H2,2H3;;1H2/q;+1;-1. The van der Waals surface area contributed by atoms with Gasteiger partial charge in [0.2, 0.25) is 0 Å². The minimum absolute atomic E-state index is 1.75. The van der Waals surface area contributed by atoms with Gasteiger partial charge in [-0.3, -0.25) is 0 Å². The van der Waals surface area contributed by atoms with Gasteiger partial charge in [-0.1, -0.05) is 6.08 Å².